The standard InChI is InChI=1S/C21H24N2O5/c1-15(2)12-22-21(26)23-19(24)14-28-20(25)17-10-6-7-11-18(17)27-13-16-8-4-3-5-9-16/h3-11,15H,12-14H2,1-2H3,(H2,22,23,24,26). The summed E-state index contributed by atoms with van der Waals surface area (Å²) in [5, 5.41) is 4.65. The molecule has 0 aliphatic rings. The second-order valence-corrected chi connectivity index (χ2v) is 6.50. The van der Waals surface area contributed by atoms with Crippen LogP contribution in [0.3, 0.4) is 0 Å². The van der Waals surface area contributed by atoms with Gasteiger partial charge in [-0.25, -0.2) is 9.59 Å². The third kappa shape index (κ3) is 7.11. The zero-order valence-electron chi connectivity index (χ0n) is 15.9. The van der Waals surface area contributed by atoms with Crippen molar-refractivity contribution in [2.75, 3.05) is 13.2 Å². The van der Waals surface area contributed by atoms with Gasteiger partial charge in [0.1, 0.15) is 17.9 Å². The molecule has 7 nitrogen and oxygen atoms in total. The maximum atomic E-state index is 12.3. The Bertz CT molecular complexity index is 805. The van der Waals surface area contributed by atoms with Crippen molar-refractivity contribution in [3.05, 3.63) is 65.7 Å². The van der Waals surface area contributed by atoms with E-state index in [1.165, 1.54) is 0 Å². The number of esters is 1. The lowest BCUT2D eigenvalue weighted by atomic mass is 10.2. The average molecular weight is 384 g/mol. The SMILES string of the molecule is CC(C)CNC(=O)NC(=O)COC(=O)c1ccccc1OCc1ccccc1. The van der Waals surface area contributed by atoms with E-state index in [1.54, 1.807) is 24.3 Å². The summed E-state index contributed by atoms with van der Waals surface area (Å²) in [7, 11) is 0. The van der Waals surface area contributed by atoms with Crippen molar-refractivity contribution < 1.29 is 23.9 Å². The maximum absolute atomic E-state index is 12.3. The smallest absolute Gasteiger partial charge is 0.342 e. The van der Waals surface area contributed by atoms with E-state index >= 15 is 0 Å². The van der Waals surface area contributed by atoms with Gasteiger partial charge in [0, 0.05) is 6.54 Å². The van der Waals surface area contributed by atoms with E-state index in [2.05, 4.69) is 10.6 Å². The Labute approximate surface area is 164 Å². The van der Waals surface area contributed by atoms with Crippen molar-refractivity contribution in [2.24, 2.45) is 5.92 Å². The van der Waals surface area contributed by atoms with E-state index in [-0.39, 0.29) is 11.5 Å². The summed E-state index contributed by atoms with van der Waals surface area (Å²) in [5.41, 5.74) is 1.16. The van der Waals surface area contributed by atoms with Crippen LogP contribution < -0.4 is 15.4 Å². The van der Waals surface area contributed by atoms with Crippen LogP contribution in [0.4, 0.5) is 4.79 Å². The second-order valence-electron chi connectivity index (χ2n) is 6.50. The van der Waals surface area contributed by atoms with Crippen LogP contribution >= 0.6 is 0 Å². The highest BCUT2D eigenvalue weighted by Gasteiger charge is 2.16. The van der Waals surface area contributed by atoms with Gasteiger partial charge in [-0.15, -0.1) is 0 Å². The summed E-state index contributed by atoms with van der Waals surface area (Å²) in [6.07, 6.45) is 0. The Kier molecular flexibility index (Phi) is 8.02. The van der Waals surface area contributed by atoms with E-state index in [0.717, 1.165) is 5.56 Å². The van der Waals surface area contributed by atoms with Crippen LogP contribution in [0.2, 0.25) is 0 Å². The van der Waals surface area contributed by atoms with Crippen LogP contribution in [0.15, 0.2) is 54.6 Å². The van der Waals surface area contributed by atoms with Crippen LogP contribution in [-0.2, 0) is 16.1 Å². The molecule has 0 fully saturated rings. The highest BCUT2D eigenvalue weighted by atomic mass is 16.5. The molecule has 0 saturated carbocycles. The first kappa shape index (κ1) is 21.0. The minimum absolute atomic E-state index is 0.204. The van der Waals surface area contributed by atoms with Gasteiger partial charge < -0.3 is 14.8 Å². The molecule has 2 aromatic rings. The van der Waals surface area contributed by atoms with Gasteiger partial charge in [-0.1, -0.05) is 56.3 Å². The van der Waals surface area contributed by atoms with Crippen molar-refractivity contribution in [2.45, 2.75) is 20.5 Å². The molecule has 2 rings (SSSR count). The third-order valence-electron chi connectivity index (χ3n) is 3.60. The number of hydrogen-bond donors (Lipinski definition) is 2. The summed E-state index contributed by atoms with van der Waals surface area (Å²) in [5.74, 6) is -0.809. The molecule has 28 heavy (non-hydrogen) atoms. The van der Waals surface area contributed by atoms with Crippen molar-refractivity contribution in [3.63, 3.8) is 0 Å². The Hall–Kier alpha value is -3.35. The number of carbonyl (C=O) groups is 3. The molecule has 7 heteroatoms. The monoisotopic (exact) mass is 384 g/mol. The number of urea groups is 1. The van der Waals surface area contributed by atoms with Crippen LogP contribution in [0.1, 0.15) is 29.8 Å². The molecular formula is C21H24N2O5. The Morgan fingerprint density at radius 3 is 2.36 bits per heavy atom. The molecule has 0 heterocycles. The van der Waals surface area contributed by atoms with Crippen molar-refractivity contribution in [1.82, 2.24) is 10.6 Å². The number of benzene rings is 2. The maximum Gasteiger partial charge on any atom is 0.342 e. The van der Waals surface area contributed by atoms with Gasteiger partial charge in [0.05, 0.1) is 0 Å². The number of hydrogen-bond acceptors (Lipinski definition) is 5. The predicted molar refractivity (Wildman–Crippen MR) is 104 cm³/mol. The minimum atomic E-state index is -0.711. The van der Waals surface area contributed by atoms with Gasteiger partial charge >= 0.3 is 12.0 Å². The van der Waals surface area contributed by atoms with Gasteiger partial charge in [-0.05, 0) is 23.6 Å². The lowest BCUT2D eigenvalue weighted by molar-refractivity contribution is -0.123. The largest absolute Gasteiger partial charge is 0.488 e. The second kappa shape index (κ2) is 10.7. The summed E-state index contributed by atoms with van der Waals surface area (Å²) < 4.78 is 10.7. The first-order valence-electron chi connectivity index (χ1n) is 8.96. The summed E-state index contributed by atoms with van der Waals surface area (Å²) in [6.45, 7) is 4.02. The Morgan fingerprint density at radius 1 is 0.964 bits per heavy atom. The first-order valence-corrected chi connectivity index (χ1v) is 8.96. The number of imide groups is 1. The van der Waals surface area contributed by atoms with Gasteiger partial charge in [0.25, 0.3) is 5.91 Å². The van der Waals surface area contributed by atoms with Crippen molar-refractivity contribution >= 4 is 17.9 Å². The average Bonchev–Trinajstić information content (AvgIpc) is 2.70. The van der Waals surface area contributed by atoms with Crippen LogP contribution in [0.5, 0.6) is 5.75 Å². The molecule has 2 N–H and O–H groups in total. The van der Waals surface area contributed by atoms with Crippen molar-refractivity contribution in [1.29, 1.82) is 0 Å². The van der Waals surface area contributed by atoms with E-state index in [0.29, 0.717) is 18.9 Å². The van der Waals surface area contributed by atoms with Crippen molar-refractivity contribution in [3.8, 4) is 5.75 Å². The van der Waals surface area contributed by atoms with Gasteiger partial charge in [0.15, 0.2) is 6.61 Å². The zero-order chi connectivity index (χ0) is 20.4. The molecule has 0 atom stereocenters. The Balaban J connectivity index is 1.86. The normalized spacial score (nSPS) is 10.2. The topological polar surface area (TPSA) is 93.7 Å². The summed E-state index contributed by atoms with van der Waals surface area (Å²) in [6, 6.07) is 15.5. The number of nitrogens with one attached hydrogen (secondary N) is 2. The number of ether oxygens (including phenoxy) is 2. The third-order valence-corrected chi connectivity index (χ3v) is 3.60. The van der Waals surface area contributed by atoms with Crippen LogP contribution in [0.25, 0.3) is 0 Å². The first-order chi connectivity index (χ1) is 13.5. The number of para-hydroxylation sites is 1. The zero-order valence-corrected chi connectivity index (χ0v) is 15.9. The van der Waals surface area contributed by atoms with Gasteiger partial charge in [0.2, 0.25) is 0 Å². The molecule has 3 amide bonds. The number of rotatable bonds is 8. The molecule has 0 aliphatic carbocycles. The summed E-state index contributed by atoms with van der Waals surface area (Å²) >= 11 is 0. The fraction of sp³-hybridized carbons (Fsp3) is 0.286. The highest BCUT2D eigenvalue weighted by molar-refractivity contribution is 5.97. The molecule has 0 saturated heterocycles. The van der Waals surface area contributed by atoms with E-state index in [1.807, 2.05) is 44.2 Å². The predicted octanol–water partition coefficient (Wildman–Crippen LogP) is 2.90. The molecule has 0 bridgehead atoms. The highest BCUT2D eigenvalue weighted by Crippen LogP contribution is 2.20. The quantitative estimate of drug-likeness (QED) is 0.683. The lowest BCUT2D eigenvalue weighted by Gasteiger charge is -2.12. The molecule has 148 valence electrons. The molecule has 0 aliphatic heterocycles. The number of amides is 3. The van der Waals surface area contributed by atoms with Crippen LogP contribution in [-0.4, -0.2) is 31.1 Å². The van der Waals surface area contributed by atoms with Gasteiger partial charge in [-0.2, -0.15) is 0 Å². The molecule has 0 spiro atoms. The molecule has 2 aromatic carbocycles. The molecule has 0 aromatic heterocycles. The van der Waals surface area contributed by atoms with E-state index in [9.17, 15) is 14.4 Å². The van der Waals surface area contributed by atoms with E-state index in [4.69, 9.17) is 9.47 Å². The number of carbonyl (C=O) groups excluding carboxylic acids is 3. The van der Waals surface area contributed by atoms with Crippen LogP contribution in [0, 0.1) is 5.92 Å². The van der Waals surface area contributed by atoms with E-state index < -0.39 is 24.5 Å². The fourth-order valence-electron chi connectivity index (χ4n) is 2.21. The molecule has 0 radical (unpaired) electrons. The minimum Gasteiger partial charge on any atom is -0.488 e. The molecular weight excluding hydrogens is 360 g/mol. The summed E-state index contributed by atoms with van der Waals surface area (Å²) in [4.78, 5) is 35.6. The van der Waals surface area contributed by atoms with Gasteiger partial charge in [-0.3, -0.25) is 10.1 Å². The lowest BCUT2D eigenvalue weighted by Crippen LogP contribution is -2.42. The Morgan fingerprint density at radius 2 is 1.64 bits per heavy atom. The fourth-order valence-corrected chi connectivity index (χ4v) is 2.21. The molecule has 0 unspecified atom stereocenters.